The normalized spacial score (nSPS) is 17.5. The van der Waals surface area contributed by atoms with Gasteiger partial charge in [-0.2, -0.15) is 5.26 Å². The van der Waals surface area contributed by atoms with Crippen LogP contribution >= 0.6 is 0 Å². The van der Waals surface area contributed by atoms with E-state index in [0.717, 1.165) is 54.2 Å². The lowest BCUT2D eigenvalue weighted by Crippen LogP contribution is -2.53. The number of methoxy groups -OCH3 is 1. The van der Waals surface area contributed by atoms with Gasteiger partial charge in [-0.25, -0.2) is 5.01 Å². The molecule has 2 N–H and O–H groups in total. The number of fused-ring (bicyclic) bond motifs is 1. The van der Waals surface area contributed by atoms with Gasteiger partial charge in [-0.15, -0.1) is 0 Å². The fraction of sp³-hybridized carbons (Fsp3) is 0.485. The number of nitrogens with zero attached hydrogens (tertiary/aromatic N) is 4. The van der Waals surface area contributed by atoms with Crippen LogP contribution in [0, 0.1) is 17.2 Å². The van der Waals surface area contributed by atoms with E-state index in [1.54, 1.807) is 25.4 Å². The van der Waals surface area contributed by atoms with Crippen LogP contribution in [-0.2, 0) is 0 Å². The summed E-state index contributed by atoms with van der Waals surface area (Å²) < 4.78 is 17.6. The number of anilines is 1. The molecule has 2 saturated heterocycles. The van der Waals surface area contributed by atoms with Gasteiger partial charge in [-0.05, 0) is 88.9 Å². The van der Waals surface area contributed by atoms with Crippen molar-refractivity contribution in [3.8, 4) is 23.3 Å². The minimum Gasteiger partial charge on any atom is -0.493 e. The molecule has 2 aliphatic heterocycles. The Bertz CT molecular complexity index is 1420. The van der Waals surface area contributed by atoms with Crippen LogP contribution in [0.4, 0.5) is 5.69 Å². The van der Waals surface area contributed by atoms with Crippen LogP contribution in [0.3, 0.4) is 0 Å². The highest BCUT2D eigenvalue weighted by atomic mass is 16.5. The first-order valence-electron chi connectivity index (χ1n) is 15.3. The smallest absolute Gasteiger partial charge is 0.265 e. The molecule has 0 radical (unpaired) electrons. The van der Waals surface area contributed by atoms with Gasteiger partial charge >= 0.3 is 0 Å². The molecule has 10 heteroatoms. The van der Waals surface area contributed by atoms with Crippen molar-refractivity contribution in [1.82, 2.24) is 20.7 Å². The van der Waals surface area contributed by atoms with Gasteiger partial charge in [-0.1, -0.05) is 0 Å². The Hall–Kier alpha value is -4.07. The number of hydrogen-bond donors (Lipinski definition) is 2. The molecule has 0 spiro atoms. The number of hydrazine groups is 1. The van der Waals surface area contributed by atoms with E-state index in [-0.39, 0.29) is 12.0 Å². The molecular formula is C33H42N6O4. The maximum absolute atomic E-state index is 12.9. The zero-order chi connectivity index (χ0) is 30.2. The van der Waals surface area contributed by atoms with Crippen LogP contribution < -0.4 is 29.9 Å². The van der Waals surface area contributed by atoms with Gasteiger partial charge in [0, 0.05) is 49.4 Å². The maximum Gasteiger partial charge on any atom is 0.265 e. The van der Waals surface area contributed by atoms with Crippen LogP contribution in [0.15, 0.2) is 42.6 Å². The van der Waals surface area contributed by atoms with E-state index in [9.17, 15) is 10.1 Å². The average molecular weight is 587 g/mol. The fourth-order valence-electron chi connectivity index (χ4n) is 5.81. The summed E-state index contributed by atoms with van der Waals surface area (Å²) in [6, 6.07) is 13.3. The van der Waals surface area contributed by atoms with Crippen molar-refractivity contribution in [3.05, 3.63) is 53.7 Å². The molecule has 2 aliphatic rings. The number of ether oxygens (including phenoxy) is 3. The highest BCUT2D eigenvalue weighted by molar-refractivity contribution is 5.97. The number of piperidine rings is 1. The predicted octanol–water partition coefficient (Wildman–Crippen LogP) is 4.53. The summed E-state index contributed by atoms with van der Waals surface area (Å²) in [6.45, 7) is 9.23. The summed E-state index contributed by atoms with van der Waals surface area (Å²) in [5.74, 6) is 2.58. The standard InChI is InChI=1S/C33H42N6O4/c1-23(2)43-27-10-8-25(9-11-27)33(40)37-39-15-13-38(14-16-39)32-26(20-34)22-36-29-19-31(30(41-3)18-28(29)32)42-17-5-7-24-6-4-12-35-21-24/h8-11,18-19,22-24,35H,4-7,12-17,21H2,1-3H3,(H,37,40). The van der Waals surface area contributed by atoms with Crippen molar-refractivity contribution in [2.75, 3.05) is 57.9 Å². The zero-order valence-electron chi connectivity index (χ0n) is 25.4. The first kappa shape index (κ1) is 30.4. The third-order valence-electron chi connectivity index (χ3n) is 8.00. The molecule has 2 aromatic carbocycles. The molecule has 2 fully saturated rings. The van der Waals surface area contributed by atoms with Crippen LogP contribution in [0.25, 0.3) is 10.9 Å². The van der Waals surface area contributed by atoms with Gasteiger partial charge in [0.2, 0.25) is 0 Å². The molecule has 5 rings (SSSR count). The highest BCUT2D eigenvalue weighted by Crippen LogP contribution is 2.38. The largest absolute Gasteiger partial charge is 0.493 e. The Labute approximate surface area is 253 Å². The second kappa shape index (κ2) is 14.4. The van der Waals surface area contributed by atoms with Crippen LogP contribution in [0.5, 0.6) is 17.2 Å². The molecule has 10 nitrogen and oxygen atoms in total. The summed E-state index contributed by atoms with van der Waals surface area (Å²) >= 11 is 0. The summed E-state index contributed by atoms with van der Waals surface area (Å²) in [6.07, 6.45) is 6.36. The summed E-state index contributed by atoms with van der Waals surface area (Å²) in [5, 5.41) is 16.2. The predicted molar refractivity (Wildman–Crippen MR) is 167 cm³/mol. The second-order valence-corrected chi connectivity index (χ2v) is 11.5. The van der Waals surface area contributed by atoms with Crippen molar-refractivity contribution in [2.24, 2.45) is 5.92 Å². The van der Waals surface area contributed by atoms with Crippen molar-refractivity contribution in [3.63, 3.8) is 0 Å². The monoisotopic (exact) mass is 586 g/mol. The van der Waals surface area contributed by atoms with Crippen molar-refractivity contribution in [2.45, 2.75) is 45.6 Å². The SMILES string of the molecule is COc1cc2c(N3CCN(NC(=O)c4ccc(OC(C)C)cc4)CC3)c(C#N)cnc2cc1OCCCC1CCCNC1. The number of piperazine rings is 1. The minimum atomic E-state index is -0.163. The molecule has 3 aromatic rings. The lowest BCUT2D eigenvalue weighted by molar-refractivity contribution is 0.0777. The van der Waals surface area contributed by atoms with Crippen molar-refractivity contribution < 1.29 is 19.0 Å². The summed E-state index contributed by atoms with van der Waals surface area (Å²) in [7, 11) is 1.63. The average Bonchev–Trinajstić information content (AvgIpc) is 3.03. The first-order chi connectivity index (χ1) is 20.9. The molecule has 0 aliphatic carbocycles. The Morgan fingerprint density at radius 2 is 1.95 bits per heavy atom. The van der Waals surface area contributed by atoms with Crippen molar-refractivity contribution in [1.29, 1.82) is 5.26 Å². The molecule has 1 amide bonds. The molecule has 1 unspecified atom stereocenters. The molecule has 0 saturated carbocycles. The Morgan fingerprint density at radius 3 is 2.63 bits per heavy atom. The van der Waals surface area contributed by atoms with Gasteiger partial charge in [-0.3, -0.25) is 15.2 Å². The molecule has 0 bridgehead atoms. The van der Waals surface area contributed by atoms with Crippen LogP contribution in [0.2, 0.25) is 0 Å². The molecule has 228 valence electrons. The number of pyridine rings is 1. The molecular weight excluding hydrogens is 544 g/mol. The van der Waals surface area contributed by atoms with E-state index in [4.69, 9.17) is 14.2 Å². The number of benzene rings is 2. The number of carbonyl (C=O) groups is 1. The van der Waals surface area contributed by atoms with E-state index in [1.165, 1.54) is 12.8 Å². The van der Waals surface area contributed by atoms with Gasteiger partial charge in [0.05, 0.1) is 36.6 Å². The highest BCUT2D eigenvalue weighted by Gasteiger charge is 2.24. The van der Waals surface area contributed by atoms with E-state index in [1.807, 2.05) is 43.1 Å². The Morgan fingerprint density at radius 1 is 1.16 bits per heavy atom. The van der Waals surface area contributed by atoms with Gasteiger partial charge in [0.15, 0.2) is 11.5 Å². The van der Waals surface area contributed by atoms with E-state index in [0.29, 0.717) is 55.4 Å². The zero-order valence-corrected chi connectivity index (χ0v) is 25.4. The topological polar surface area (TPSA) is 112 Å². The number of amides is 1. The fourth-order valence-corrected chi connectivity index (χ4v) is 5.81. The van der Waals surface area contributed by atoms with E-state index in [2.05, 4.69) is 26.7 Å². The Kier molecular flexibility index (Phi) is 10.2. The molecule has 1 aromatic heterocycles. The molecule has 3 heterocycles. The first-order valence-corrected chi connectivity index (χ1v) is 15.3. The lowest BCUT2D eigenvalue weighted by atomic mass is 9.95. The van der Waals surface area contributed by atoms with Gasteiger partial charge < -0.3 is 24.4 Å². The van der Waals surface area contributed by atoms with Crippen molar-refractivity contribution >= 4 is 22.5 Å². The number of hydrogen-bond acceptors (Lipinski definition) is 9. The van der Waals surface area contributed by atoms with Gasteiger partial charge in [0.1, 0.15) is 11.8 Å². The number of rotatable bonds is 11. The third kappa shape index (κ3) is 7.66. The third-order valence-corrected chi connectivity index (χ3v) is 8.00. The summed E-state index contributed by atoms with van der Waals surface area (Å²) in [4.78, 5) is 19.6. The Balaban J connectivity index is 1.23. The lowest BCUT2D eigenvalue weighted by Gasteiger charge is -2.36. The molecule has 43 heavy (non-hydrogen) atoms. The quantitative estimate of drug-likeness (QED) is 0.313. The van der Waals surface area contributed by atoms with Crippen LogP contribution in [-0.4, -0.2) is 75.0 Å². The summed E-state index contributed by atoms with van der Waals surface area (Å²) in [5.41, 5.74) is 5.67. The van der Waals surface area contributed by atoms with E-state index >= 15 is 0 Å². The maximum atomic E-state index is 12.9. The number of nitriles is 1. The van der Waals surface area contributed by atoms with Gasteiger partial charge in [0.25, 0.3) is 5.91 Å². The van der Waals surface area contributed by atoms with E-state index < -0.39 is 0 Å². The number of aromatic nitrogens is 1. The number of nitrogens with one attached hydrogen (secondary N) is 2. The number of carbonyl (C=O) groups excluding carboxylic acids is 1. The minimum absolute atomic E-state index is 0.0744. The van der Waals surface area contributed by atoms with Crippen LogP contribution in [0.1, 0.15) is 55.5 Å². The second-order valence-electron chi connectivity index (χ2n) is 11.5. The molecule has 1 atom stereocenters.